The molecule has 2 aromatic rings. The van der Waals surface area contributed by atoms with Gasteiger partial charge in [0.2, 0.25) is 0 Å². The Balaban J connectivity index is 1.78. The smallest absolute Gasteiger partial charge is 0.0488 e. The van der Waals surface area contributed by atoms with Crippen LogP contribution in [0.1, 0.15) is 56.6 Å². The third-order valence-electron chi connectivity index (χ3n) is 4.54. The van der Waals surface area contributed by atoms with E-state index >= 15 is 0 Å². The monoisotopic (exact) mass is 351 g/mol. The summed E-state index contributed by atoms with van der Waals surface area (Å²) in [6.45, 7) is 0. The number of hydrogen-bond acceptors (Lipinski definition) is 2. The van der Waals surface area contributed by atoms with Crippen LogP contribution in [0.25, 0.3) is 10.1 Å². The minimum absolute atomic E-state index is 0.196. The van der Waals surface area contributed by atoms with Crippen molar-refractivity contribution in [2.24, 2.45) is 11.7 Å². The van der Waals surface area contributed by atoms with Crippen molar-refractivity contribution in [2.75, 3.05) is 0 Å². The molecule has 1 aromatic heterocycles. The van der Waals surface area contributed by atoms with Crippen LogP contribution in [0.4, 0.5) is 0 Å². The first-order chi connectivity index (χ1) is 9.75. The number of thiophene rings is 1. The number of nitrogens with two attached hydrogens (primary N) is 1. The van der Waals surface area contributed by atoms with Crippen LogP contribution >= 0.6 is 27.3 Å². The van der Waals surface area contributed by atoms with Gasteiger partial charge >= 0.3 is 0 Å². The van der Waals surface area contributed by atoms with Gasteiger partial charge in [-0.1, -0.05) is 50.7 Å². The first-order valence-electron chi connectivity index (χ1n) is 7.67. The van der Waals surface area contributed by atoms with Crippen molar-refractivity contribution in [1.29, 1.82) is 0 Å². The van der Waals surface area contributed by atoms with Crippen LogP contribution in [0, 0.1) is 5.92 Å². The van der Waals surface area contributed by atoms with Crippen molar-refractivity contribution in [3.63, 3.8) is 0 Å². The van der Waals surface area contributed by atoms with Crippen LogP contribution in [0.15, 0.2) is 28.1 Å². The van der Waals surface area contributed by atoms with Crippen LogP contribution < -0.4 is 5.73 Å². The summed E-state index contributed by atoms with van der Waals surface area (Å²) in [6, 6.07) is 6.63. The Bertz CT molecular complexity index is 569. The molecule has 1 unspecified atom stereocenters. The van der Waals surface area contributed by atoms with Gasteiger partial charge in [-0.2, -0.15) is 0 Å². The molecule has 1 heterocycles. The molecular formula is C17H22BrNS. The third-order valence-corrected chi connectivity index (χ3v) is 6.51. The Labute approximate surface area is 133 Å². The molecule has 1 aliphatic rings. The lowest BCUT2D eigenvalue weighted by Gasteiger charge is -2.19. The molecule has 0 bridgehead atoms. The predicted octanol–water partition coefficient (Wildman–Crippen LogP) is 6.02. The van der Waals surface area contributed by atoms with E-state index in [2.05, 4.69) is 39.5 Å². The number of halogens is 1. The highest BCUT2D eigenvalue weighted by atomic mass is 79.9. The minimum atomic E-state index is 0.196. The van der Waals surface area contributed by atoms with Gasteiger partial charge in [-0.3, -0.25) is 0 Å². The van der Waals surface area contributed by atoms with E-state index in [9.17, 15) is 0 Å². The summed E-state index contributed by atoms with van der Waals surface area (Å²) < 4.78 is 2.52. The lowest BCUT2D eigenvalue weighted by atomic mass is 9.90. The van der Waals surface area contributed by atoms with Gasteiger partial charge in [-0.25, -0.2) is 0 Å². The summed E-state index contributed by atoms with van der Waals surface area (Å²) in [5.74, 6) is 0.828. The van der Waals surface area contributed by atoms with Crippen molar-refractivity contribution in [2.45, 2.75) is 51.0 Å². The van der Waals surface area contributed by atoms with Crippen LogP contribution in [0.5, 0.6) is 0 Å². The van der Waals surface area contributed by atoms with Gasteiger partial charge in [0.25, 0.3) is 0 Å². The molecule has 0 amide bonds. The molecule has 3 heteroatoms. The van der Waals surface area contributed by atoms with Gasteiger partial charge in [0.1, 0.15) is 0 Å². The second-order valence-electron chi connectivity index (χ2n) is 6.01. The number of hydrogen-bond donors (Lipinski definition) is 1. The molecule has 1 aliphatic carbocycles. The van der Waals surface area contributed by atoms with Crippen molar-refractivity contribution in [3.05, 3.63) is 33.6 Å². The fourth-order valence-electron chi connectivity index (χ4n) is 3.41. The molecule has 1 saturated carbocycles. The zero-order valence-electron chi connectivity index (χ0n) is 11.8. The lowest BCUT2D eigenvalue weighted by molar-refractivity contribution is 0.394. The fourth-order valence-corrected chi connectivity index (χ4v) is 5.10. The van der Waals surface area contributed by atoms with Gasteiger partial charge in [0.05, 0.1) is 0 Å². The van der Waals surface area contributed by atoms with E-state index in [1.165, 1.54) is 58.6 Å². The molecule has 0 radical (unpaired) electrons. The second kappa shape index (κ2) is 6.59. The minimum Gasteiger partial charge on any atom is -0.324 e. The van der Waals surface area contributed by atoms with E-state index in [0.717, 1.165) is 12.3 Å². The Morgan fingerprint density at radius 1 is 1.20 bits per heavy atom. The first-order valence-corrected chi connectivity index (χ1v) is 9.34. The van der Waals surface area contributed by atoms with Crippen molar-refractivity contribution < 1.29 is 0 Å². The maximum absolute atomic E-state index is 6.53. The largest absolute Gasteiger partial charge is 0.324 e. The Hall–Kier alpha value is -0.380. The molecule has 1 nitrogen and oxygen atoms in total. The van der Waals surface area contributed by atoms with Gasteiger partial charge < -0.3 is 5.73 Å². The molecule has 0 aliphatic heterocycles. The van der Waals surface area contributed by atoms with Crippen LogP contribution in [-0.2, 0) is 0 Å². The summed E-state index contributed by atoms with van der Waals surface area (Å²) >= 11 is 5.45. The molecule has 0 spiro atoms. The van der Waals surface area contributed by atoms with Gasteiger partial charge in [0, 0.05) is 15.2 Å². The summed E-state index contributed by atoms with van der Waals surface area (Å²) in [4.78, 5) is 0. The molecule has 1 fully saturated rings. The highest BCUT2D eigenvalue weighted by molar-refractivity contribution is 9.10. The predicted molar refractivity (Wildman–Crippen MR) is 92.3 cm³/mol. The van der Waals surface area contributed by atoms with E-state index < -0.39 is 0 Å². The van der Waals surface area contributed by atoms with E-state index in [4.69, 9.17) is 5.73 Å². The standard InChI is InChI=1S/C17H22BrNS/c18-15-9-5-8-13-14(11-20-17(13)15)16(19)10-12-6-3-1-2-4-7-12/h5,8-9,11-12,16H,1-4,6-7,10,19H2. The zero-order valence-corrected chi connectivity index (χ0v) is 14.2. The van der Waals surface area contributed by atoms with E-state index in [1.54, 1.807) is 0 Å². The summed E-state index contributed by atoms with van der Waals surface area (Å²) in [6.07, 6.45) is 9.53. The Kier molecular flexibility index (Phi) is 4.79. The summed E-state index contributed by atoms with van der Waals surface area (Å²) in [5.41, 5.74) is 7.87. The maximum Gasteiger partial charge on any atom is 0.0488 e. The summed E-state index contributed by atoms with van der Waals surface area (Å²) in [5, 5.41) is 3.60. The number of fused-ring (bicyclic) bond motifs is 1. The number of benzene rings is 1. The average Bonchev–Trinajstić information content (AvgIpc) is 2.72. The molecular weight excluding hydrogens is 330 g/mol. The highest BCUT2D eigenvalue weighted by Crippen LogP contribution is 2.37. The summed E-state index contributed by atoms with van der Waals surface area (Å²) in [7, 11) is 0. The molecule has 3 rings (SSSR count). The van der Waals surface area contributed by atoms with Gasteiger partial charge in [-0.05, 0) is 50.7 Å². The van der Waals surface area contributed by atoms with E-state index in [0.29, 0.717) is 0 Å². The van der Waals surface area contributed by atoms with Crippen LogP contribution in [0.3, 0.4) is 0 Å². The number of rotatable bonds is 3. The molecule has 0 saturated heterocycles. The molecule has 108 valence electrons. The third kappa shape index (κ3) is 3.10. The average molecular weight is 352 g/mol. The maximum atomic E-state index is 6.53. The zero-order chi connectivity index (χ0) is 13.9. The normalized spacial score (nSPS) is 19.1. The quantitative estimate of drug-likeness (QED) is 0.671. The topological polar surface area (TPSA) is 26.0 Å². The van der Waals surface area contributed by atoms with Gasteiger partial charge in [-0.15, -0.1) is 11.3 Å². The Morgan fingerprint density at radius 2 is 1.95 bits per heavy atom. The Morgan fingerprint density at radius 3 is 2.70 bits per heavy atom. The lowest BCUT2D eigenvalue weighted by Crippen LogP contribution is -2.15. The van der Waals surface area contributed by atoms with E-state index in [-0.39, 0.29) is 6.04 Å². The molecule has 20 heavy (non-hydrogen) atoms. The molecule has 2 N–H and O–H groups in total. The second-order valence-corrected chi connectivity index (χ2v) is 7.74. The highest BCUT2D eigenvalue weighted by Gasteiger charge is 2.19. The molecule has 1 atom stereocenters. The van der Waals surface area contributed by atoms with Crippen molar-refractivity contribution in [1.82, 2.24) is 0 Å². The first kappa shape index (κ1) is 14.6. The van der Waals surface area contributed by atoms with E-state index in [1.807, 2.05) is 11.3 Å². The van der Waals surface area contributed by atoms with Crippen LogP contribution in [-0.4, -0.2) is 0 Å². The fraction of sp³-hybridized carbons (Fsp3) is 0.529. The van der Waals surface area contributed by atoms with Crippen molar-refractivity contribution in [3.8, 4) is 0 Å². The van der Waals surface area contributed by atoms with Gasteiger partial charge in [0.15, 0.2) is 0 Å². The SMILES string of the molecule is NC(CC1CCCCCC1)c1csc2c(Br)cccc12. The van der Waals surface area contributed by atoms with Crippen molar-refractivity contribution >= 4 is 37.4 Å². The van der Waals surface area contributed by atoms with Crippen LogP contribution in [0.2, 0.25) is 0 Å². The molecule has 1 aromatic carbocycles.